The first kappa shape index (κ1) is 18.4. The van der Waals surface area contributed by atoms with Gasteiger partial charge in [0.2, 0.25) is 0 Å². The van der Waals surface area contributed by atoms with Crippen LogP contribution in [0.15, 0.2) is 29.0 Å². The molecule has 0 aliphatic rings. The number of hydrogen-bond donors (Lipinski definition) is 1. The summed E-state index contributed by atoms with van der Waals surface area (Å²) in [6.45, 7) is 2.11. The van der Waals surface area contributed by atoms with E-state index in [-0.39, 0.29) is 24.7 Å². The Morgan fingerprint density at radius 3 is 2.77 bits per heavy atom. The largest absolute Gasteiger partial charge is 0.435 e. The number of hydrogen-bond acceptors (Lipinski definition) is 4. The lowest BCUT2D eigenvalue weighted by Crippen LogP contribution is -2.26. The van der Waals surface area contributed by atoms with Gasteiger partial charge in [0.05, 0.1) is 4.47 Å². The Hall–Kier alpha value is -2.43. The van der Waals surface area contributed by atoms with Crippen LogP contribution in [0.3, 0.4) is 0 Å². The van der Waals surface area contributed by atoms with E-state index in [1.165, 1.54) is 9.20 Å². The van der Waals surface area contributed by atoms with Crippen LogP contribution in [0.4, 0.5) is 13.2 Å². The van der Waals surface area contributed by atoms with Crippen molar-refractivity contribution in [2.45, 2.75) is 26.1 Å². The van der Waals surface area contributed by atoms with E-state index in [9.17, 15) is 18.0 Å². The smallest absolute Gasteiger partial charge is 0.351 e. The molecule has 3 heterocycles. The van der Waals surface area contributed by atoms with Crippen LogP contribution in [0, 0.1) is 6.92 Å². The van der Waals surface area contributed by atoms with Gasteiger partial charge in [-0.05, 0) is 35.3 Å². The third kappa shape index (κ3) is 4.03. The molecule has 0 spiro atoms. The number of alkyl halides is 3. The standard InChI is InChI=1S/C15H14BrF3N6O/c1-9-5-12(15(17,18)19)23-24(9)4-2-3-20-14(26)11-6-13-21-7-10(16)8-25(13)22-11/h5-8H,2-4H2,1H3,(H,20,26). The average molecular weight is 431 g/mol. The van der Waals surface area contributed by atoms with E-state index in [1.807, 2.05) is 0 Å². The summed E-state index contributed by atoms with van der Waals surface area (Å²) in [5.41, 5.74) is 0.249. The molecule has 3 rings (SSSR count). The summed E-state index contributed by atoms with van der Waals surface area (Å²) >= 11 is 3.27. The fraction of sp³-hybridized carbons (Fsp3) is 0.333. The van der Waals surface area contributed by atoms with Crippen molar-refractivity contribution in [3.8, 4) is 0 Å². The van der Waals surface area contributed by atoms with Crippen LogP contribution < -0.4 is 5.32 Å². The summed E-state index contributed by atoms with van der Waals surface area (Å²) in [5, 5.41) is 10.4. The zero-order valence-corrected chi connectivity index (χ0v) is 15.2. The molecule has 0 aliphatic heterocycles. The van der Waals surface area contributed by atoms with Gasteiger partial charge in [-0.25, -0.2) is 9.50 Å². The van der Waals surface area contributed by atoms with Crippen LogP contribution in [0.2, 0.25) is 0 Å². The van der Waals surface area contributed by atoms with Gasteiger partial charge >= 0.3 is 6.18 Å². The molecule has 1 N–H and O–H groups in total. The predicted molar refractivity (Wildman–Crippen MR) is 89.6 cm³/mol. The molecular weight excluding hydrogens is 417 g/mol. The molecule has 26 heavy (non-hydrogen) atoms. The summed E-state index contributed by atoms with van der Waals surface area (Å²) in [5.74, 6) is -0.375. The van der Waals surface area contributed by atoms with Gasteiger partial charge in [0.1, 0.15) is 0 Å². The maximum Gasteiger partial charge on any atom is 0.435 e. The first-order valence-corrected chi connectivity index (χ1v) is 8.44. The number of fused-ring (bicyclic) bond motifs is 1. The lowest BCUT2D eigenvalue weighted by molar-refractivity contribution is -0.141. The molecule has 0 fully saturated rings. The van der Waals surface area contributed by atoms with E-state index < -0.39 is 11.9 Å². The molecule has 0 bridgehead atoms. The highest BCUT2D eigenvalue weighted by molar-refractivity contribution is 9.10. The molecule has 3 aromatic rings. The molecule has 11 heteroatoms. The maximum absolute atomic E-state index is 12.6. The van der Waals surface area contributed by atoms with Crippen LogP contribution in [0.25, 0.3) is 5.65 Å². The van der Waals surface area contributed by atoms with E-state index in [2.05, 4.69) is 36.4 Å². The first-order chi connectivity index (χ1) is 12.2. The highest BCUT2D eigenvalue weighted by Gasteiger charge is 2.34. The minimum Gasteiger partial charge on any atom is -0.351 e. The molecule has 0 aliphatic carbocycles. The van der Waals surface area contributed by atoms with Gasteiger partial charge in [0, 0.05) is 37.2 Å². The molecular formula is C15H14BrF3N6O. The van der Waals surface area contributed by atoms with Gasteiger partial charge in [-0.2, -0.15) is 23.4 Å². The third-order valence-electron chi connectivity index (χ3n) is 3.62. The molecule has 0 saturated carbocycles. The molecule has 0 saturated heterocycles. The quantitative estimate of drug-likeness (QED) is 0.631. The second-order valence-electron chi connectivity index (χ2n) is 5.61. The number of aryl methyl sites for hydroxylation is 2. The van der Waals surface area contributed by atoms with Crippen LogP contribution in [0.1, 0.15) is 28.3 Å². The molecule has 0 atom stereocenters. The van der Waals surface area contributed by atoms with E-state index in [0.717, 1.165) is 10.5 Å². The number of nitrogens with zero attached hydrogens (tertiary/aromatic N) is 5. The summed E-state index contributed by atoms with van der Waals surface area (Å²) in [6.07, 6.45) is -0.753. The summed E-state index contributed by atoms with van der Waals surface area (Å²) < 4.78 is 41.4. The number of nitrogens with one attached hydrogen (secondary N) is 1. The monoisotopic (exact) mass is 430 g/mol. The van der Waals surface area contributed by atoms with Gasteiger partial charge in [0.15, 0.2) is 17.0 Å². The molecule has 0 radical (unpaired) electrons. The van der Waals surface area contributed by atoms with Crippen molar-refractivity contribution < 1.29 is 18.0 Å². The van der Waals surface area contributed by atoms with Crippen molar-refractivity contribution in [2.75, 3.05) is 6.54 Å². The Labute approximate surface area is 154 Å². The minimum atomic E-state index is -4.46. The van der Waals surface area contributed by atoms with Crippen LogP contribution in [-0.4, -0.2) is 36.8 Å². The molecule has 7 nitrogen and oxygen atoms in total. The van der Waals surface area contributed by atoms with Gasteiger partial charge in [-0.3, -0.25) is 9.48 Å². The van der Waals surface area contributed by atoms with Crippen molar-refractivity contribution in [3.63, 3.8) is 0 Å². The molecule has 138 valence electrons. The Kier molecular flexibility index (Phi) is 4.99. The first-order valence-electron chi connectivity index (χ1n) is 7.65. The highest BCUT2D eigenvalue weighted by atomic mass is 79.9. The Morgan fingerprint density at radius 1 is 1.31 bits per heavy atom. The lowest BCUT2D eigenvalue weighted by Gasteiger charge is -2.06. The predicted octanol–water partition coefficient (Wildman–Crippen LogP) is 2.84. The Morgan fingerprint density at radius 2 is 2.08 bits per heavy atom. The normalized spacial score (nSPS) is 11.9. The fourth-order valence-electron chi connectivity index (χ4n) is 2.36. The molecule has 0 unspecified atom stereocenters. The SMILES string of the molecule is Cc1cc(C(F)(F)F)nn1CCCNC(=O)c1cc2ncc(Br)cn2n1. The van der Waals surface area contributed by atoms with Gasteiger partial charge < -0.3 is 5.32 Å². The van der Waals surface area contributed by atoms with E-state index in [4.69, 9.17) is 0 Å². The van der Waals surface area contributed by atoms with Crippen molar-refractivity contribution in [2.24, 2.45) is 0 Å². The van der Waals surface area contributed by atoms with Gasteiger partial charge in [-0.15, -0.1) is 0 Å². The van der Waals surface area contributed by atoms with Gasteiger partial charge in [0.25, 0.3) is 5.91 Å². The second kappa shape index (κ2) is 7.06. The molecule has 3 aromatic heterocycles. The summed E-state index contributed by atoms with van der Waals surface area (Å²) in [6, 6.07) is 2.55. The minimum absolute atomic E-state index is 0.213. The van der Waals surface area contributed by atoms with Crippen molar-refractivity contribution in [1.82, 2.24) is 29.7 Å². The number of amides is 1. The van der Waals surface area contributed by atoms with Crippen LogP contribution >= 0.6 is 15.9 Å². The summed E-state index contributed by atoms with van der Waals surface area (Å²) in [4.78, 5) is 16.2. The number of carbonyl (C=O) groups is 1. The fourth-order valence-corrected chi connectivity index (χ4v) is 2.66. The van der Waals surface area contributed by atoms with Crippen LogP contribution in [-0.2, 0) is 12.7 Å². The molecule has 1 amide bonds. The zero-order chi connectivity index (χ0) is 18.9. The highest BCUT2D eigenvalue weighted by Crippen LogP contribution is 2.28. The maximum atomic E-state index is 12.6. The van der Waals surface area contributed by atoms with Crippen molar-refractivity contribution >= 4 is 27.5 Å². The average Bonchev–Trinajstić information content (AvgIpc) is 3.14. The number of rotatable bonds is 5. The third-order valence-corrected chi connectivity index (χ3v) is 4.03. The van der Waals surface area contributed by atoms with Crippen molar-refractivity contribution in [1.29, 1.82) is 0 Å². The molecule has 0 aromatic carbocycles. The summed E-state index contributed by atoms with van der Waals surface area (Å²) in [7, 11) is 0. The Balaban J connectivity index is 1.54. The lowest BCUT2D eigenvalue weighted by atomic mass is 10.3. The topological polar surface area (TPSA) is 77.1 Å². The van der Waals surface area contributed by atoms with Crippen LogP contribution in [0.5, 0.6) is 0 Å². The number of carbonyl (C=O) groups excluding carboxylic acids is 1. The van der Waals surface area contributed by atoms with E-state index >= 15 is 0 Å². The number of halogens is 4. The second-order valence-corrected chi connectivity index (χ2v) is 6.52. The van der Waals surface area contributed by atoms with Crippen molar-refractivity contribution in [3.05, 3.63) is 46.1 Å². The number of aromatic nitrogens is 5. The van der Waals surface area contributed by atoms with Gasteiger partial charge in [-0.1, -0.05) is 0 Å². The zero-order valence-electron chi connectivity index (χ0n) is 13.6. The van der Waals surface area contributed by atoms with E-state index in [1.54, 1.807) is 25.4 Å². The Bertz CT molecular complexity index is 949. The van der Waals surface area contributed by atoms with E-state index in [0.29, 0.717) is 17.8 Å².